The molecule has 0 amide bonds. The van der Waals surface area contributed by atoms with Gasteiger partial charge in [0.1, 0.15) is 17.2 Å². The van der Waals surface area contributed by atoms with E-state index < -0.39 is 0 Å². The molecule has 16 heavy (non-hydrogen) atoms. The fourth-order valence-electron chi connectivity index (χ4n) is 1.17. The van der Waals surface area contributed by atoms with Crippen LogP contribution in [-0.4, -0.2) is 16.2 Å². The predicted octanol–water partition coefficient (Wildman–Crippen LogP) is 3.63. The van der Waals surface area contributed by atoms with Crippen LogP contribution in [0.4, 0.5) is 5.82 Å². The third-order valence-electron chi connectivity index (χ3n) is 1.92. The standard InChI is InChI=1S/C10H10BrN3S2/c1-15-10-3-9(13-6-14-10)12-4-8-2-7(11)5-16-8/h2-3,5-6H,4H2,1H3,(H,12,13,14). The van der Waals surface area contributed by atoms with Crippen LogP contribution in [-0.2, 0) is 6.54 Å². The second-order valence-corrected chi connectivity index (χ2v) is 5.77. The number of nitrogens with one attached hydrogen (secondary N) is 1. The van der Waals surface area contributed by atoms with Crippen molar-refractivity contribution in [2.75, 3.05) is 11.6 Å². The molecule has 0 aromatic carbocycles. The Balaban J connectivity index is 1.99. The molecule has 0 aliphatic heterocycles. The first-order chi connectivity index (χ1) is 7.78. The summed E-state index contributed by atoms with van der Waals surface area (Å²) in [5, 5.41) is 6.32. The van der Waals surface area contributed by atoms with Crippen molar-refractivity contribution in [2.45, 2.75) is 11.6 Å². The molecule has 0 aliphatic rings. The number of halogens is 1. The van der Waals surface area contributed by atoms with Crippen molar-refractivity contribution in [1.29, 1.82) is 0 Å². The maximum atomic E-state index is 4.17. The van der Waals surface area contributed by atoms with Crippen molar-refractivity contribution in [1.82, 2.24) is 9.97 Å². The first kappa shape index (κ1) is 11.9. The summed E-state index contributed by atoms with van der Waals surface area (Å²) in [7, 11) is 0. The van der Waals surface area contributed by atoms with Gasteiger partial charge in [-0.2, -0.15) is 0 Å². The summed E-state index contributed by atoms with van der Waals surface area (Å²) in [6.45, 7) is 0.793. The summed E-state index contributed by atoms with van der Waals surface area (Å²) in [6.07, 6.45) is 3.58. The Bertz CT molecular complexity index is 473. The Hall–Kier alpha value is -0.590. The van der Waals surface area contributed by atoms with E-state index in [1.54, 1.807) is 29.4 Å². The van der Waals surface area contributed by atoms with Gasteiger partial charge in [0, 0.05) is 20.8 Å². The monoisotopic (exact) mass is 315 g/mol. The number of anilines is 1. The lowest BCUT2D eigenvalue weighted by molar-refractivity contribution is 1.03. The van der Waals surface area contributed by atoms with E-state index in [4.69, 9.17) is 0 Å². The van der Waals surface area contributed by atoms with Crippen LogP contribution in [0, 0.1) is 0 Å². The molecule has 1 N–H and O–H groups in total. The Morgan fingerprint density at radius 3 is 3.00 bits per heavy atom. The number of hydrogen-bond acceptors (Lipinski definition) is 5. The van der Waals surface area contributed by atoms with E-state index in [-0.39, 0.29) is 0 Å². The molecule has 0 radical (unpaired) electrons. The zero-order valence-corrected chi connectivity index (χ0v) is 11.8. The van der Waals surface area contributed by atoms with E-state index in [0.29, 0.717) is 0 Å². The molecule has 0 fully saturated rings. The van der Waals surface area contributed by atoms with E-state index in [9.17, 15) is 0 Å². The topological polar surface area (TPSA) is 37.8 Å². The number of thioether (sulfide) groups is 1. The van der Waals surface area contributed by atoms with Gasteiger partial charge >= 0.3 is 0 Å². The van der Waals surface area contributed by atoms with Gasteiger partial charge in [0.15, 0.2) is 0 Å². The highest BCUT2D eigenvalue weighted by Gasteiger charge is 2.00. The number of hydrogen-bond donors (Lipinski definition) is 1. The number of thiophene rings is 1. The molecule has 0 aliphatic carbocycles. The fourth-order valence-corrected chi connectivity index (χ4v) is 2.94. The van der Waals surface area contributed by atoms with Crippen LogP contribution in [0.3, 0.4) is 0 Å². The van der Waals surface area contributed by atoms with Crippen LogP contribution in [0.2, 0.25) is 0 Å². The van der Waals surface area contributed by atoms with Crippen molar-refractivity contribution in [3.05, 3.63) is 33.2 Å². The van der Waals surface area contributed by atoms with Crippen LogP contribution < -0.4 is 5.32 Å². The molecule has 0 spiro atoms. The molecule has 0 saturated carbocycles. The van der Waals surface area contributed by atoms with Crippen molar-refractivity contribution in [3.63, 3.8) is 0 Å². The third kappa shape index (κ3) is 3.20. The van der Waals surface area contributed by atoms with Crippen LogP contribution in [0.5, 0.6) is 0 Å². The summed E-state index contributed by atoms with van der Waals surface area (Å²) in [5.74, 6) is 0.865. The summed E-state index contributed by atoms with van der Waals surface area (Å²) < 4.78 is 1.13. The molecular weight excluding hydrogens is 306 g/mol. The Labute approximate surface area is 111 Å². The summed E-state index contributed by atoms with van der Waals surface area (Å²) in [5.41, 5.74) is 0. The van der Waals surface area contributed by atoms with E-state index >= 15 is 0 Å². The summed E-state index contributed by atoms with van der Waals surface area (Å²) in [6, 6.07) is 4.06. The maximum absolute atomic E-state index is 4.17. The van der Waals surface area contributed by atoms with Gasteiger partial charge in [-0.1, -0.05) is 0 Å². The molecule has 0 atom stereocenters. The largest absolute Gasteiger partial charge is 0.365 e. The van der Waals surface area contributed by atoms with Crippen molar-refractivity contribution in [3.8, 4) is 0 Å². The minimum absolute atomic E-state index is 0.793. The quantitative estimate of drug-likeness (QED) is 0.690. The van der Waals surface area contributed by atoms with Gasteiger partial charge in [0.05, 0.1) is 6.54 Å². The van der Waals surface area contributed by atoms with Crippen LogP contribution in [0.1, 0.15) is 4.88 Å². The van der Waals surface area contributed by atoms with Crippen molar-refractivity contribution in [2.24, 2.45) is 0 Å². The Morgan fingerprint density at radius 2 is 2.31 bits per heavy atom. The first-order valence-electron chi connectivity index (χ1n) is 4.61. The predicted molar refractivity (Wildman–Crippen MR) is 73.2 cm³/mol. The van der Waals surface area contributed by atoms with Gasteiger partial charge in [-0.3, -0.25) is 0 Å². The van der Waals surface area contributed by atoms with Gasteiger partial charge in [-0.05, 0) is 28.3 Å². The molecule has 2 heterocycles. The molecule has 3 nitrogen and oxygen atoms in total. The molecule has 84 valence electrons. The highest BCUT2D eigenvalue weighted by atomic mass is 79.9. The van der Waals surface area contributed by atoms with Crippen LogP contribution in [0.15, 0.2) is 33.3 Å². The van der Waals surface area contributed by atoms with E-state index in [1.165, 1.54) is 4.88 Å². The lowest BCUT2D eigenvalue weighted by atomic mass is 10.4. The molecule has 0 unspecified atom stereocenters. The highest BCUT2D eigenvalue weighted by Crippen LogP contribution is 2.21. The van der Waals surface area contributed by atoms with E-state index in [2.05, 4.69) is 42.7 Å². The fraction of sp³-hybridized carbons (Fsp3) is 0.200. The minimum Gasteiger partial charge on any atom is -0.365 e. The minimum atomic E-state index is 0.793. The molecule has 0 bridgehead atoms. The van der Waals surface area contributed by atoms with Gasteiger partial charge < -0.3 is 5.32 Å². The van der Waals surface area contributed by atoms with Crippen molar-refractivity contribution >= 4 is 44.8 Å². The van der Waals surface area contributed by atoms with Gasteiger partial charge in [-0.15, -0.1) is 23.1 Å². The van der Waals surface area contributed by atoms with Gasteiger partial charge in [-0.25, -0.2) is 9.97 Å². The molecule has 2 rings (SSSR count). The number of rotatable bonds is 4. The second kappa shape index (κ2) is 5.65. The van der Waals surface area contributed by atoms with E-state index in [0.717, 1.165) is 21.9 Å². The van der Waals surface area contributed by atoms with Crippen LogP contribution >= 0.6 is 39.0 Å². The lowest BCUT2D eigenvalue weighted by Gasteiger charge is -2.04. The van der Waals surface area contributed by atoms with Gasteiger partial charge in [0.25, 0.3) is 0 Å². The molecule has 0 saturated heterocycles. The summed E-state index contributed by atoms with van der Waals surface area (Å²) >= 11 is 6.77. The lowest BCUT2D eigenvalue weighted by Crippen LogP contribution is -2.00. The normalized spacial score (nSPS) is 10.4. The summed E-state index contributed by atoms with van der Waals surface area (Å²) in [4.78, 5) is 9.56. The average molecular weight is 316 g/mol. The number of nitrogens with zero attached hydrogens (tertiary/aromatic N) is 2. The SMILES string of the molecule is CSc1cc(NCc2cc(Br)cs2)ncn1. The van der Waals surface area contributed by atoms with Crippen LogP contribution in [0.25, 0.3) is 0 Å². The first-order valence-corrected chi connectivity index (χ1v) is 7.50. The molecule has 6 heteroatoms. The van der Waals surface area contributed by atoms with Gasteiger partial charge in [0.2, 0.25) is 0 Å². The third-order valence-corrected chi connectivity index (χ3v) is 4.26. The van der Waals surface area contributed by atoms with Crippen molar-refractivity contribution < 1.29 is 0 Å². The smallest absolute Gasteiger partial charge is 0.130 e. The molecular formula is C10H10BrN3S2. The highest BCUT2D eigenvalue weighted by molar-refractivity contribution is 9.10. The maximum Gasteiger partial charge on any atom is 0.130 e. The Morgan fingerprint density at radius 1 is 1.44 bits per heavy atom. The molecule has 2 aromatic rings. The zero-order valence-electron chi connectivity index (χ0n) is 8.61. The van der Waals surface area contributed by atoms with E-state index in [1.807, 2.05) is 12.3 Å². The molecule has 2 aromatic heterocycles. The zero-order chi connectivity index (χ0) is 11.4. The average Bonchev–Trinajstić information content (AvgIpc) is 2.73. The second-order valence-electron chi connectivity index (χ2n) is 3.03. The Kier molecular flexibility index (Phi) is 4.20. The number of aromatic nitrogens is 2.